The molecule has 2 aromatic carbocycles. The smallest absolute Gasteiger partial charge is 0.137 e. The van der Waals surface area contributed by atoms with E-state index in [1.165, 1.54) is 5.56 Å². The summed E-state index contributed by atoms with van der Waals surface area (Å²) in [4.78, 5) is 0. The predicted octanol–water partition coefficient (Wildman–Crippen LogP) is 2.61. The van der Waals surface area contributed by atoms with Gasteiger partial charge >= 0.3 is 0 Å². The van der Waals surface area contributed by atoms with Gasteiger partial charge in [0.25, 0.3) is 0 Å². The normalized spacial score (nSPS) is 10.7. The molecule has 0 saturated heterocycles. The first kappa shape index (κ1) is 22.9. The van der Waals surface area contributed by atoms with Crippen LogP contribution in [0.2, 0.25) is 0 Å². The summed E-state index contributed by atoms with van der Waals surface area (Å²) in [5.74, 6) is 0.577. The molecule has 0 bridgehead atoms. The van der Waals surface area contributed by atoms with E-state index in [4.69, 9.17) is 10.5 Å². The molecule has 0 radical (unpaired) electrons. The van der Waals surface area contributed by atoms with E-state index in [-0.39, 0.29) is 25.6 Å². The molecule has 0 fully saturated rings. The first-order valence-corrected chi connectivity index (χ1v) is 8.80. The van der Waals surface area contributed by atoms with Crippen LogP contribution in [0.4, 0.5) is 0 Å². The lowest BCUT2D eigenvalue weighted by Crippen LogP contribution is -2.47. The van der Waals surface area contributed by atoms with E-state index >= 15 is 0 Å². The summed E-state index contributed by atoms with van der Waals surface area (Å²) in [6.45, 7) is -0.0156. The number of aryl methyl sites for hydroxylation is 2. The van der Waals surface area contributed by atoms with E-state index in [0.29, 0.717) is 30.8 Å². The number of benzene rings is 2. The second kappa shape index (κ2) is 11.6. The molecule has 146 valence electrons. The molecule has 2 aromatic rings. The molecule has 0 aliphatic carbocycles. The first-order valence-electron chi connectivity index (χ1n) is 8.80. The van der Waals surface area contributed by atoms with Gasteiger partial charge in [0.05, 0.1) is 30.9 Å². The summed E-state index contributed by atoms with van der Waals surface area (Å²) in [5.41, 5.74) is 7.56. The standard InChI is InChI=1S/C21H26N2O3.ClH/c22-14-19-13-18(10-11-21(23,15-24)16-25)8-9-20(19)26-12-4-7-17-5-2-1-3-6-17;/h1-3,5-6,8-9,13,24-25H,4,7,10-12,15-16,23H2;1H. The van der Waals surface area contributed by atoms with Gasteiger partial charge in [-0.05, 0) is 48.9 Å². The zero-order valence-electron chi connectivity index (χ0n) is 15.3. The molecular formula is C21H27ClN2O3. The van der Waals surface area contributed by atoms with E-state index in [9.17, 15) is 15.5 Å². The van der Waals surface area contributed by atoms with Crippen molar-refractivity contribution in [2.24, 2.45) is 5.73 Å². The van der Waals surface area contributed by atoms with E-state index in [1.54, 1.807) is 12.1 Å². The molecule has 0 aromatic heterocycles. The monoisotopic (exact) mass is 390 g/mol. The lowest BCUT2D eigenvalue weighted by molar-refractivity contribution is 0.115. The minimum Gasteiger partial charge on any atom is -0.492 e. The van der Waals surface area contributed by atoms with Crippen molar-refractivity contribution in [1.29, 1.82) is 5.26 Å². The highest BCUT2D eigenvalue weighted by molar-refractivity contribution is 5.85. The molecule has 0 heterocycles. The number of hydrogen-bond donors (Lipinski definition) is 3. The van der Waals surface area contributed by atoms with Crippen molar-refractivity contribution in [2.45, 2.75) is 31.2 Å². The van der Waals surface area contributed by atoms with Crippen molar-refractivity contribution in [3.8, 4) is 11.8 Å². The van der Waals surface area contributed by atoms with Crippen LogP contribution < -0.4 is 10.5 Å². The summed E-state index contributed by atoms with van der Waals surface area (Å²) < 4.78 is 5.77. The fourth-order valence-electron chi connectivity index (χ4n) is 2.65. The van der Waals surface area contributed by atoms with Gasteiger partial charge < -0.3 is 20.7 Å². The fourth-order valence-corrected chi connectivity index (χ4v) is 2.65. The van der Waals surface area contributed by atoms with Crippen LogP contribution in [-0.4, -0.2) is 35.6 Å². The third-order valence-electron chi connectivity index (χ3n) is 4.42. The number of aliphatic hydroxyl groups is 2. The highest BCUT2D eigenvalue weighted by Gasteiger charge is 2.22. The molecule has 0 aliphatic heterocycles. The Balaban J connectivity index is 0.00000364. The van der Waals surface area contributed by atoms with E-state index in [2.05, 4.69) is 18.2 Å². The maximum atomic E-state index is 9.36. The molecule has 27 heavy (non-hydrogen) atoms. The van der Waals surface area contributed by atoms with Gasteiger partial charge in [-0.3, -0.25) is 0 Å². The van der Waals surface area contributed by atoms with Crippen molar-refractivity contribution in [2.75, 3.05) is 19.8 Å². The summed E-state index contributed by atoms with van der Waals surface area (Å²) >= 11 is 0. The van der Waals surface area contributed by atoms with Crippen LogP contribution in [0.15, 0.2) is 48.5 Å². The van der Waals surface area contributed by atoms with Crippen molar-refractivity contribution in [3.05, 3.63) is 65.2 Å². The van der Waals surface area contributed by atoms with Crippen LogP contribution in [0.5, 0.6) is 5.75 Å². The third-order valence-corrected chi connectivity index (χ3v) is 4.42. The van der Waals surface area contributed by atoms with Crippen molar-refractivity contribution < 1.29 is 14.9 Å². The molecule has 0 amide bonds. The van der Waals surface area contributed by atoms with E-state index in [0.717, 1.165) is 18.4 Å². The first-order chi connectivity index (χ1) is 12.6. The second-order valence-electron chi connectivity index (χ2n) is 6.56. The molecular weight excluding hydrogens is 364 g/mol. The highest BCUT2D eigenvalue weighted by atomic mass is 35.5. The number of nitrogens with two attached hydrogens (primary N) is 1. The molecule has 5 nitrogen and oxygen atoms in total. The SMILES string of the molecule is Cl.N#Cc1cc(CCC(N)(CO)CO)ccc1OCCCc1ccccc1. The molecule has 0 aliphatic rings. The number of ether oxygens (including phenoxy) is 1. The van der Waals surface area contributed by atoms with Crippen LogP contribution in [0.25, 0.3) is 0 Å². The number of nitrogens with zero attached hydrogens (tertiary/aromatic N) is 1. The van der Waals surface area contributed by atoms with E-state index in [1.807, 2.05) is 24.3 Å². The van der Waals surface area contributed by atoms with Crippen LogP contribution in [0.1, 0.15) is 29.5 Å². The lowest BCUT2D eigenvalue weighted by Gasteiger charge is -2.24. The Morgan fingerprint density at radius 1 is 1.00 bits per heavy atom. The van der Waals surface area contributed by atoms with Gasteiger partial charge in [0.2, 0.25) is 0 Å². The Bertz CT molecular complexity index is 728. The van der Waals surface area contributed by atoms with Gasteiger partial charge in [-0.2, -0.15) is 5.26 Å². The maximum Gasteiger partial charge on any atom is 0.137 e. The zero-order valence-corrected chi connectivity index (χ0v) is 16.1. The van der Waals surface area contributed by atoms with Gasteiger partial charge in [0, 0.05) is 0 Å². The largest absolute Gasteiger partial charge is 0.492 e. The summed E-state index contributed by atoms with van der Waals surface area (Å²) in [7, 11) is 0. The Morgan fingerprint density at radius 3 is 2.33 bits per heavy atom. The number of halogens is 1. The Kier molecular flexibility index (Phi) is 9.84. The van der Waals surface area contributed by atoms with Crippen molar-refractivity contribution >= 4 is 12.4 Å². The van der Waals surface area contributed by atoms with Gasteiger partial charge in [-0.25, -0.2) is 0 Å². The molecule has 0 atom stereocenters. The van der Waals surface area contributed by atoms with Crippen LogP contribution in [0, 0.1) is 11.3 Å². The molecule has 4 N–H and O–H groups in total. The Morgan fingerprint density at radius 2 is 1.70 bits per heavy atom. The van der Waals surface area contributed by atoms with E-state index < -0.39 is 5.54 Å². The second-order valence-corrected chi connectivity index (χ2v) is 6.56. The predicted molar refractivity (Wildman–Crippen MR) is 108 cm³/mol. The average Bonchev–Trinajstić information content (AvgIpc) is 2.70. The van der Waals surface area contributed by atoms with Crippen molar-refractivity contribution in [3.63, 3.8) is 0 Å². The molecule has 6 heteroatoms. The van der Waals surface area contributed by atoms with Gasteiger partial charge in [-0.15, -0.1) is 12.4 Å². The average molecular weight is 391 g/mol. The fraction of sp³-hybridized carbons (Fsp3) is 0.381. The summed E-state index contributed by atoms with van der Waals surface area (Å²) in [6, 6.07) is 17.8. The minimum absolute atomic E-state index is 0. The number of hydrogen-bond acceptors (Lipinski definition) is 5. The molecule has 2 rings (SSSR count). The summed E-state index contributed by atoms with van der Waals surface area (Å²) in [6.07, 6.45) is 2.81. The lowest BCUT2D eigenvalue weighted by atomic mass is 9.93. The third kappa shape index (κ3) is 7.20. The van der Waals surface area contributed by atoms with Gasteiger partial charge in [0.1, 0.15) is 11.8 Å². The molecule has 0 saturated carbocycles. The molecule has 0 spiro atoms. The number of rotatable bonds is 10. The minimum atomic E-state index is -1.00. The summed E-state index contributed by atoms with van der Waals surface area (Å²) in [5, 5.41) is 27.9. The van der Waals surface area contributed by atoms with Crippen LogP contribution >= 0.6 is 12.4 Å². The van der Waals surface area contributed by atoms with Crippen LogP contribution in [0.3, 0.4) is 0 Å². The Hall–Kier alpha value is -2.10. The highest BCUT2D eigenvalue weighted by Crippen LogP contribution is 2.22. The number of nitriles is 1. The maximum absolute atomic E-state index is 9.36. The van der Waals surface area contributed by atoms with Gasteiger partial charge in [0.15, 0.2) is 0 Å². The molecule has 0 unspecified atom stereocenters. The van der Waals surface area contributed by atoms with Crippen molar-refractivity contribution in [1.82, 2.24) is 0 Å². The van der Waals surface area contributed by atoms with Crippen LogP contribution in [-0.2, 0) is 12.8 Å². The Labute approximate surface area is 166 Å². The zero-order chi connectivity index (χ0) is 18.8. The quantitative estimate of drug-likeness (QED) is 0.541. The topological polar surface area (TPSA) is 99.5 Å². The van der Waals surface area contributed by atoms with Gasteiger partial charge in [-0.1, -0.05) is 36.4 Å². The number of aliphatic hydroxyl groups excluding tert-OH is 2.